The summed E-state index contributed by atoms with van der Waals surface area (Å²) in [6.07, 6.45) is 2.60. The molecule has 0 bridgehead atoms. The molecule has 0 spiro atoms. The predicted octanol–water partition coefficient (Wildman–Crippen LogP) is 3.46. The number of hydrogen-bond donors (Lipinski definition) is 0. The SMILES string of the molecule is CCCC[As]1Oc2ccccc2S1. The third-order valence-corrected chi connectivity index (χ3v) is 8.81. The van der Waals surface area contributed by atoms with E-state index in [1.54, 1.807) is 0 Å². The monoisotopic (exact) mass is 256 g/mol. The Labute approximate surface area is 87.5 Å². The van der Waals surface area contributed by atoms with Gasteiger partial charge in [-0.1, -0.05) is 0 Å². The molecule has 1 aromatic carbocycles. The van der Waals surface area contributed by atoms with Gasteiger partial charge in [-0.3, -0.25) is 0 Å². The molecule has 0 radical (unpaired) electrons. The summed E-state index contributed by atoms with van der Waals surface area (Å²) in [6.45, 7) is 2.24. The quantitative estimate of drug-likeness (QED) is 0.766. The van der Waals surface area contributed by atoms with E-state index in [1.165, 1.54) is 22.9 Å². The van der Waals surface area contributed by atoms with E-state index in [0.29, 0.717) is 0 Å². The molecule has 70 valence electrons. The average molecular weight is 256 g/mol. The molecular weight excluding hydrogens is 243 g/mol. The van der Waals surface area contributed by atoms with Crippen LogP contribution in [0.3, 0.4) is 0 Å². The van der Waals surface area contributed by atoms with Crippen molar-refractivity contribution in [3.05, 3.63) is 24.3 Å². The van der Waals surface area contributed by atoms with Crippen LogP contribution < -0.4 is 3.73 Å². The number of hydrogen-bond acceptors (Lipinski definition) is 2. The summed E-state index contributed by atoms with van der Waals surface area (Å²) in [7, 11) is 2.00. The van der Waals surface area contributed by atoms with Gasteiger partial charge < -0.3 is 0 Å². The van der Waals surface area contributed by atoms with Crippen LogP contribution in [0.5, 0.6) is 5.75 Å². The van der Waals surface area contributed by atoms with E-state index in [0.717, 1.165) is 5.75 Å². The maximum absolute atomic E-state index is 5.92. The van der Waals surface area contributed by atoms with Crippen molar-refractivity contribution in [2.45, 2.75) is 29.9 Å². The second-order valence-electron chi connectivity index (χ2n) is 3.04. The molecule has 3 heteroatoms. The number of para-hydroxylation sites is 1. The summed E-state index contributed by atoms with van der Waals surface area (Å²) < 4.78 is 5.92. The van der Waals surface area contributed by atoms with Crippen LogP contribution in [0.15, 0.2) is 29.2 Å². The molecule has 1 unspecified atom stereocenters. The van der Waals surface area contributed by atoms with E-state index in [-0.39, 0.29) is 0 Å². The molecule has 0 saturated heterocycles. The van der Waals surface area contributed by atoms with Crippen LogP contribution in [-0.4, -0.2) is 13.8 Å². The number of rotatable bonds is 3. The average Bonchev–Trinajstić information content (AvgIpc) is 2.57. The Morgan fingerprint density at radius 1 is 1.38 bits per heavy atom. The zero-order valence-corrected chi connectivity index (χ0v) is 10.4. The molecule has 0 amide bonds. The maximum atomic E-state index is 5.92. The topological polar surface area (TPSA) is 9.23 Å². The van der Waals surface area contributed by atoms with Gasteiger partial charge in [0, 0.05) is 0 Å². The van der Waals surface area contributed by atoms with Gasteiger partial charge in [-0.05, 0) is 0 Å². The number of fused-ring (bicyclic) bond motifs is 1. The second kappa shape index (κ2) is 4.43. The molecule has 1 atom stereocenters. The minimum atomic E-state index is -1.04. The van der Waals surface area contributed by atoms with Crippen molar-refractivity contribution in [3.8, 4) is 5.75 Å². The van der Waals surface area contributed by atoms with E-state index in [1.807, 2.05) is 10.0 Å². The molecule has 0 aliphatic carbocycles. The Morgan fingerprint density at radius 2 is 2.23 bits per heavy atom. The molecule has 1 aromatic rings. The summed E-state index contributed by atoms with van der Waals surface area (Å²) >= 11 is -1.04. The summed E-state index contributed by atoms with van der Waals surface area (Å²) in [6, 6.07) is 8.40. The molecule has 0 saturated carbocycles. The van der Waals surface area contributed by atoms with Gasteiger partial charge in [0.15, 0.2) is 0 Å². The minimum absolute atomic E-state index is 1.04. The molecule has 1 heterocycles. The van der Waals surface area contributed by atoms with Crippen molar-refractivity contribution >= 4 is 23.9 Å². The van der Waals surface area contributed by atoms with Crippen LogP contribution in [-0.2, 0) is 0 Å². The summed E-state index contributed by atoms with van der Waals surface area (Å²) in [4.78, 5) is 1.36. The molecule has 1 aliphatic heterocycles. The van der Waals surface area contributed by atoms with Gasteiger partial charge in [-0.2, -0.15) is 0 Å². The predicted molar refractivity (Wildman–Crippen MR) is 58.4 cm³/mol. The van der Waals surface area contributed by atoms with Gasteiger partial charge in [0.25, 0.3) is 0 Å². The summed E-state index contributed by atoms with van der Waals surface area (Å²) in [5.41, 5.74) is 0. The van der Waals surface area contributed by atoms with Crippen LogP contribution in [0, 0.1) is 0 Å². The van der Waals surface area contributed by atoms with Gasteiger partial charge in [0.2, 0.25) is 0 Å². The van der Waals surface area contributed by atoms with Crippen molar-refractivity contribution < 1.29 is 3.73 Å². The fraction of sp³-hybridized carbons (Fsp3) is 0.400. The van der Waals surface area contributed by atoms with E-state index >= 15 is 0 Å². The summed E-state index contributed by atoms with van der Waals surface area (Å²) in [5, 5.41) is 1.31. The van der Waals surface area contributed by atoms with E-state index in [9.17, 15) is 0 Å². The van der Waals surface area contributed by atoms with Crippen molar-refractivity contribution in [1.29, 1.82) is 0 Å². The fourth-order valence-corrected chi connectivity index (χ4v) is 8.46. The first-order chi connectivity index (χ1) is 6.40. The zero-order chi connectivity index (χ0) is 9.10. The van der Waals surface area contributed by atoms with E-state index in [4.69, 9.17) is 3.73 Å². The first kappa shape index (κ1) is 9.48. The van der Waals surface area contributed by atoms with Crippen LogP contribution >= 0.6 is 10.0 Å². The Bertz CT molecular complexity index is 265. The van der Waals surface area contributed by atoms with Crippen molar-refractivity contribution in [2.24, 2.45) is 0 Å². The van der Waals surface area contributed by atoms with Crippen molar-refractivity contribution in [3.63, 3.8) is 0 Å². The molecule has 1 aliphatic rings. The van der Waals surface area contributed by atoms with Crippen LogP contribution in [0.2, 0.25) is 5.21 Å². The first-order valence-electron chi connectivity index (χ1n) is 4.62. The van der Waals surface area contributed by atoms with E-state index < -0.39 is 13.8 Å². The Kier molecular flexibility index (Phi) is 3.23. The van der Waals surface area contributed by atoms with Gasteiger partial charge in [-0.15, -0.1) is 0 Å². The molecule has 1 nitrogen and oxygen atoms in total. The van der Waals surface area contributed by atoms with Gasteiger partial charge in [0.1, 0.15) is 0 Å². The van der Waals surface area contributed by atoms with E-state index in [2.05, 4.69) is 31.2 Å². The second-order valence-corrected chi connectivity index (χ2v) is 9.64. The third kappa shape index (κ3) is 2.24. The number of benzene rings is 1. The molecular formula is C10H13AsOS. The van der Waals surface area contributed by atoms with Crippen LogP contribution in [0.25, 0.3) is 0 Å². The molecule has 0 fully saturated rings. The van der Waals surface area contributed by atoms with Crippen LogP contribution in [0.1, 0.15) is 19.8 Å². The first-order valence-corrected chi connectivity index (χ1v) is 9.79. The molecule has 13 heavy (non-hydrogen) atoms. The standard InChI is InChI=1S/C10H13AsOS/c1-2-3-8-11-12-9-6-4-5-7-10(9)13-11/h4-7H,2-3,8H2,1H3. The van der Waals surface area contributed by atoms with Gasteiger partial charge >= 0.3 is 87.5 Å². The third-order valence-electron chi connectivity index (χ3n) is 1.94. The van der Waals surface area contributed by atoms with Gasteiger partial charge in [-0.25, -0.2) is 0 Å². The van der Waals surface area contributed by atoms with Crippen molar-refractivity contribution in [1.82, 2.24) is 0 Å². The molecule has 2 rings (SSSR count). The Balaban J connectivity index is 1.97. The summed E-state index contributed by atoms with van der Waals surface area (Å²) in [5.74, 6) is 1.13. The molecule has 0 aromatic heterocycles. The zero-order valence-electron chi connectivity index (χ0n) is 7.69. The normalized spacial score (nSPS) is 19.6. The Morgan fingerprint density at radius 3 is 3.00 bits per heavy atom. The van der Waals surface area contributed by atoms with Crippen LogP contribution in [0.4, 0.5) is 0 Å². The molecule has 0 N–H and O–H groups in total. The van der Waals surface area contributed by atoms with Crippen molar-refractivity contribution in [2.75, 3.05) is 0 Å². The number of unbranched alkanes of at least 4 members (excludes halogenated alkanes) is 1. The van der Waals surface area contributed by atoms with Gasteiger partial charge in [0.05, 0.1) is 0 Å². The fourth-order valence-electron chi connectivity index (χ4n) is 1.22. The Hall–Kier alpha value is -0.0716.